The van der Waals surface area contributed by atoms with Gasteiger partial charge >= 0.3 is 0 Å². The summed E-state index contributed by atoms with van der Waals surface area (Å²) in [5.74, 6) is -0.0253. The van der Waals surface area contributed by atoms with Gasteiger partial charge in [-0.3, -0.25) is 19.4 Å². The van der Waals surface area contributed by atoms with Crippen LogP contribution in [0.15, 0.2) is 54.1 Å². The maximum atomic E-state index is 13.2. The summed E-state index contributed by atoms with van der Waals surface area (Å²) in [5.41, 5.74) is 2.42. The van der Waals surface area contributed by atoms with E-state index in [0.29, 0.717) is 12.2 Å². The van der Waals surface area contributed by atoms with Crippen molar-refractivity contribution in [3.05, 3.63) is 65.2 Å². The van der Waals surface area contributed by atoms with E-state index in [1.165, 1.54) is 9.80 Å². The third-order valence-electron chi connectivity index (χ3n) is 4.52. The van der Waals surface area contributed by atoms with E-state index in [2.05, 4.69) is 0 Å². The largest absolute Gasteiger partial charge is 0.496 e. The van der Waals surface area contributed by atoms with Crippen LogP contribution in [-0.2, 0) is 9.59 Å². The molecule has 0 unspecified atom stereocenters. The van der Waals surface area contributed by atoms with Crippen molar-refractivity contribution >= 4 is 40.9 Å². The molecule has 1 fully saturated rings. The molecule has 0 saturated carbocycles. The number of methoxy groups -OCH3 is 1. The molecule has 0 radical (unpaired) electrons. The van der Waals surface area contributed by atoms with Crippen molar-refractivity contribution in [2.75, 3.05) is 18.6 Å². The van der Waals surface area contributed by atoms with Gasteiger partial charge in [0, 0.05) is 6.54 Å². The number of amides is 2. The minimum atomic E-state index is -0.415. The van der Waals surface area contributed by atoms with E-state index in [1.54, 1.807) is 25.3 Å². The van der Waals surface area contributed by atoms with Gasteiger partial charge in [-0.1, -0.05) is 31.2 Å². The molecule has 2 aromatic rings. The molecule has 0 aliphatic carbocycles. The van der Waals surface area contributed by atoms with Crippen LogP contribution in [0.25, 0.3) is 6.08 Å². The van der Waals surface area contributed by atoms with Crippen molar-refractivity contribution < 1.29 is 14.3 Å². The zero-order valence-electron chi connectivity index (χ0n) is 16.1. The lowest BCUT2D eigenvalue weighted by Crippen LogP contribution is -2.56. The van der Waals surface area contributed by atoms with E-state index in [0.717, 1.165) is 23.3 Å². The Balaban J connectivity index is 2.08. The highest BCUT2D eigenvalue weighted by molar-refractivity contribution is 7.80. The second-order valence-corrected chi connectivity index (χ2v) is 6.87. The molecule has 0 N–H and O–H groups in total. The van der Waals surface area contributed by atoms with Gasteiger partial charge in [0.15, 0.2) is 5.11 Å². The molecule has 0 atom stereocenters. The van der Waals surface area contributed by atoms with Crippen molar-refractivity contribution in [2.45, 2.75) is 20.3 Å². The standard InChI is InChI=1S/C22H22N2O3S/c1-4-12-23-20(25)18(14-16-10-11-19(27-3)15(2)13-16)21(26)24(22(23)28)17-8-6-5-7-9-17/h5-11,13-14H,4,12H2,1-3H3/b18-14+. The maximum Gasteiger partial charge on any atom is 0.270 e. The highest BCUT2D eigenvalue weighted by Gasteiger charge is 2.39. The third-order valence-corrected chi connectivity index (χ3v) is 4.93. The summed E-state index contributed by atoms with van der Waals surface area (Å²) in [5, 5.41) is 0.214. The first-order chi connectivity index (χ1) is 13.5. The number of rotatable bonds is 5. The fourth-order valence-electron chi connectivity index (χ4n) is 3.16. The summed E-state index contributed by atoms with van der Waals surface area (Å²) in [6, 6.07) is 14.7. The van der Waals surface area contributed by atoms with Crippen LogP contribution in [0.1, 0.15) is 24.5 Å². The first kappa shape index (κ1) is 19.8. The number of carbonyl (C=O) groups excluding carboxylic acids is 2. The lowest BCUT2D eigenvalue weighted by molar-refractivity contribution is -0.127. The SMILES string of the molecule is CCCN1C(=O)/C(=C\c2ccc(OC)c(C)c2)C(=O)N(c2ccccc2)C1=S. The number of benzene rings is 2. The number of hydrogen-bond donors (Lipinski definition) is 0. The van der Waals surface area contributed by atoms with E-state index in [4.69, 9.17) is 17.0 Å². The number of ether oxygens (including phenoxy) is 1. The average molecular weight is 394 g/mol. The molecule has 6 heteroatoms. The second-order valence-electron chi connectivity index (χ2n) is 6.50. The van der Waals surface area contributed by atoms with Crippen molar-refractivity contribution in [1.82, 2.24) is 4.90 Å². The summed E-state index contributed by atoms with van der Waals surface area (Å²) in [4.78, 5) is 29.1. The Morgan fingerprint density at radius 1 is 1.07 bits per heavy atom. The predicted molar refractivity (Wildman–Crippen MR) is 114 cm³/mol. The van der Waals surface area contributed by atoms with Crippen LogP contribution in [0, 0.1) is 6.92 Å². The molecule has 1 aliphatic heterocycles. The van der Waals surface area contributed by atoms with Gasteiger partial charge in [-0.2, -0.15) is 0 Å². The number of anilines is 1. The lowest BCUT2D eigenvalue weighted by atomic mass is 10.0. The van der Waals surface area contributed by atoms with E-state index >= 15 is 0 Å². The number of hydrogen-bond acceptors (Lipinski definition) is 4. The molecule has 0 aromatic heterocycles. The Morgan fingerprint density at radius 2 is 1.79 bits per heavy atom. The molecule has 28 heavy (non-hydrogen) atoms. The monoisotopic (exact) mass is 394 g/mol. The van der Waals surface area contributed by atoms with Gasteiger partial charge in [0.2, 0.25) is 0 Å². The van der Waals surface area contributed by atoms with Crippen molar-refractivity contribution in [3.8, 4) is 5.75 Å². The Bertz CT molecular complexity index is 954. The molecule has 1 saturated heterocycles. The van der Waals surface area contributed by atoms with Gasteiger partial charge in [0.05, 0.1) is 12.8 Å². The highest BCUT2D eigenvalue weighted by atomic mass is 32.1. The van der Waals surface area contributed by atoms with Gasteiger partial charge in [-0.05, 0) is 67.0 Å². The quantitative estimate of drug-likeness (QED) is 0.438. The number of para-hydroxylation sites is 1. The van der Waals surface area contributed by atoms with Crippen molar-refractivity contribution in [1.29, 1.82) is 0 Å². The summed E-state index contributed by atoms with van der Waals surface area (Å²) < 4.78 is 5.28. The Morgan fingerprint density at radius 3 is 2.39 bits per heavy atom. The highest BCUT2D eigenvalue weighted by Crippen LogP contribution is 2.27. The minimum absolute atomic E-state index is 0.0930. The Hall–Kier alpha value is -2.99. The topological polar surface area (TPSA) is 49.9 Å². The molecule has 2 amide bonds. The van der Waals surface area contributed by atoms with E-state index in [-0.39, 0.29) is 16.6 Å². The lowest BCUT2D eigenvalue weighted by Gasteiger charge is -2.36. The molecule has 5 nitrogen and oxygen atoms in total. The predicted octanol–water partition coefficient (Wildman–Crippen LogP) is 3.96. The molecule has 0 bridgehead atoms. The number of aryl methyl sites for hydroxylation is 1. The molecular formula is C22H22N2O3S. The summed E-state index contributed by atoms with van der Waals surface area (Å²) in [6.07, 6.45) is 2.36. The van der Waals surface area contributed by atoms with E-state index in [9.17, 15) is 9.59 Å². The van der Waals surface area contributed by atoms with Crippen LogP contribution in [-0.4, -0.2) is 35.5 Å². The second kappa shape index (κ2) is 8.35. The minimum Gasteiger partial charge on any atom is -0.496 e. The van der Waals surface area contributed by atoms with Crippen LogP contribution in [0.4, 0.5) is 5.69 Å². The zero-order valence-corrected chi connectivity index (χ0v) is 17.0. The number of carbonyl (C=O) groups is 2. The van der Waals surface area contributed by atoms with Gasteiger partial charge in [0.1, 0.15) is 11.3 Å². The van der Waals surface area contributed by atoms with Crippen LogP contribution < -0.4 is 9.64 Å². The van der Waals surface area contributed by atoms with Crippen LogP contribution in [0.2, 0.25) is 0 Å². The average Bonchev–Trinajstić information content (AvgIpc) is 2.69. The van der Waals surface area contributed by atoms with Crippen molar-refractivity contribution in [2.24, 2.45) is 0 Å². The maximum absolute atomic E-state index is 13.2. The summed E-state index contributed by atoms with van der Waals surface area (Å²) in [7, 11) is 1.61. The Labute approximate surface area is 170 Å². The van der Waals surface area contributed by atoms with Gasteiger partial charge < -0.3 is 4.74 Å². The van der Waals surface area contributed by atoms with E-state index < -0.39 is 5.91 Å². The van der Waals surface area contributed by atoms with Gasteiger partial charge in [0.25, 0.3) is 11.8 Å². The normalized spacial score (nSPS) is 16.1. The van der Waals surface area contributed by atoms with Crippen molar-refractivity contribution in [3.63, 3.8) is 0 Å². The molecule has 1 heterocycles. The molecular weight excluding hydrogens is 372 g/mol. The molecule has 0 spiro atoms. The summed E-state index contributed by atoms with van der Waals surface area (Å²) >= 11 is 5.49. The van der Waals surface area contributed by atoms with Gasteiger partial charge in [-0.25, -0.2) is 0 Å². The fourth-order valence-corrected chi connectivity index (χ4v) is 3.52. The first-order valence-electron chi connectivity index (χ1n) is 9.09. The van der Waals surface area contributed by atoms with Crippen LogP contribution >= 0.6 is 12.2 Å². The molecule has 1 aliphatic rings. The molecule has 144 valence electrons. The zero-order chi connectivity index (χ0) is 20.3. The number of nitrogens with zero attached hydrogens (tertiary/aromatic N) is 2. The molecule has 2 aromatic carbocycles. The van der Waals surface area contributed by atoms with Crippen LogP contribution in [0.3, 0.4) is 0 Å². The molecule has 3 rings (SSSR count). The number of thiocarbonyl (C=S) groups is 1. The van der Waals surface area contributed by atoms with E-state index in [1.807, 2.05) is 50.2 Å². The summed E-state index contributed by atoms with van der Waals surface area (Å²) in [6.45, 7) is 4.34. The Kier molecular flexibility index (Phi) is 5.90. The fraction of sp³-hybridized carbons (Fsp3) is 0.227. The third kappa shape index (κ3) is 3.68. The smallest absolute Gasteiger partial charge is 0.270 e. The first-order valence-corrected chi connectivity index (χ1v) is 9.50. The van der Waals surface area contributed by atoms with Crippen LogP contribution in [0.5, 0.6) is 5.75 Å². The van der Waals surface area contributed by atoms with Gasteiger partial charge in [-0.15, -0.1) is 0 Å².